The van der Waals surface area contributed by atoms with Gasteiger partial charge in [-0.3, -0.25) is 14.9 Å². The Morgan fingerprint density at radius 3 is 2.62 bits per heavy atom. The Kier molecular flexibility index (Phi) is 4.41. The van der Waals surface area contributed by atoms with E-state index < -0.39 is 20.4 Å². The molecule has 0 aliphatic carbocycles. The van der Waals surface area contributed by atoms with Crippen molar-refractivity contribution in [3.05, 3.63) is 52.1 Å². The Hall–Kier alpha value is -2.94. The first-order valence-corrected chi connectivity index (χ1v) is 9.73. The van der Waals surface area contributed by atoms with Crippen molar-refractivity contribution in [1.82, 2.24) is 0 Å². The van der Waals surface area contributed by atoms with Crippen LogP contribution in [0.15, 0.2) is 41.3 Å². The van der Waals surface area contributed by atoms with Crippen LogP contribution in [0.5, 0.6) is 0 Å². The zero-order chi connectivity index (χ0) is 19.1. The molecule has 0 saturated carbocycles. The lowest BCUT2D eigenvalue weighted by molar-refractivity contribution is -0.386. The van der Waals surface area contributed by atoms with Crippen LogP contribution in [0.25, 0.3) is 0 Å². The summed E-state index contributed by atoms with van der Waals surface area (Å²) in [6.07, 6.45) is 1.63. The second-order valence-corrected chi connectivity index (χ2v) is 8.05. The maximum atomic E-state index is 11.8. The number of benzene rings is 2. The van der Waals surface area contributed by atoms with Gasteiger partial charge in [0.25, 0.3) is 0 Å². The lowest BCUT2D eigenvalue weighted by Crippen LogP contribution is -2.25. The summed E-state index contributed by atoms with van der Waals surface area (Å²) in [5.41, 5.74) is 1.97. The molecule has 1 N–H and O–H groups in total. The molecule has 0 fully saturated rings. The van der Waals surface area contributed by atoms with Gasteiger partial charge in [-0.1, -0.05) is 6.07 Å². The number of anilines is 3. The first-order valence-electron chi connectivity index (χ1n) is 7.84. The first-order chi connectivity index (χ1) is 12.2. The van der Waals surface area contributed by atoms with Gasteiger partial charge < -0.3 is 10.2 Å². The number of nitrogens with zero attached hydrogens (tertiary/aromatic N) is 2. The Morgan fingerprint density at radius 1 is 1.27 bits per heavy atom. The van der Waals surface area contributed by atoms with Crippen molar-refractivity contribution in [1.29, 1.82) is 0 Å². The van der Waals surface area contributed by atoms with Crippen LogP contribution in [0, 0.1) is 10.1 Å². The molecule has 9 heteroatoms. The third-order valence-corrected chi connectivity index (χ3v) is 5.34. The highest BCUT2D eigenvalue weighted by atomic mass is 32.2. The number of para-hydroxylation sites is 1. The number of fused-ring (bicyclic) bond motifs is 1. The molecule has 0 atom stereocenters. The Morgan fingerprint density at radius 2 is 2.00 bits per heavy atom. The van der Waals surface area contributed by atoms with Crippen molar-refractivity contribution < 1.29 is 18.1 Å². The Labute approximate surface area is 150 Å². The van der Waals surface area contributed by atoms with Crippen molar-refractivity contribution >= 4 is 38.5 Å². The molecule has 0 saturated heterocycles. The van der Waals surface area contributed by atoms with Crippen molar-refractivity contribution in [2.75, 3.05) is 23.0 Å². The predicted molar refractivity (Wildman–Crippen MR) is 97.7 cm³/mol. The minimum Gasteiger partial charge on any atom is -0.350 e. The highest BCUT2D eigenvalue weighted by molar-refractivity contribution is 7.90. The van der Waals surface area contributed by atoms with Crippen molar-refractivity contribution in [3.8, 4) is 0 Å². The number of carbonyl (C=O) groups is 1. The SMILES string of the molecule is CC(=O)N1CCc2cc(Nc3cccc(S(C)(=O)=O)c3[N+](=O)[O-])ccc21. The molecule has 136 valence electrons. The number of sulfone groups is 1. The minimum absolute atomic E-state index is 0.0408. The number of rotatable bonds is 4. The molecule has 0 spiro atoms. The molecule has 1 aliphatic heterocycles. The van der Waals surface area contributed by atoms with Crippen LogP contribution in [-0.4, -0.2) is 32.0 Å². The Bertz CT molecular complexity index is 1020. The lowest BCUT2D eigenvalue weighted by atomic mass is 10.1. The van der Waals surface area contributed by atoms with Gasteiger partial charge in [0.1, 0.15) is 10.6 Å². The number of hydrogen-bond acceptors (Lipinski definition) is 6. The highest BCUT2D eigenvalue weighted by Gasteiger charge is 2.27. The average Bonchev–Trinajstić information content (AvgIpc) is 2.97. The van der Waals surface area contributed by atoms with E-state index in [2.05, 4.69) is 5.32 Å². The van der Waals surface area contributed by atoms with Gasteiger partial charge in [0.15, 0.2) is 9.84 Å². The smallest absolute Gasteiger partial charge is 0.311 e. The van der Waals surface area contributed by atoms with Gasteiger partial charge in [-0.2, -0.15) is 0 Å². The number of nitrogens with one attached hydrogen (secondary N) is 1. The topological polar surface area (TPSA) is 110 Å². The summed E-state index contributed by atoms with van der Waals surface area (Å²) in [5.74, 6) is -0.0408. The standard InChI is InChI=1S/C17H17N3O5S/c1-11(21)19-9-8-12-10-13(6-7-15(12)19)18-14-4-3-5-16(26(2,24)25)17(14)20(22)23/h3-7,10,18H,8-9H2,1-2H3. The maximum Gasteiger partial charge on any atom is 0.311 e. The third-order valence-electron chi connectivity index (χ3n) is 4.22. The van der Waals surface area contributed by atoms with E-state index in [-0.39, 0.29) is 16.5 Å². The number of carbonyl (C=O) groups excluding carboxylic acids is 1. The zero-order valence-corrected chi connectivity index (χ0v) is 15.0. The van der Waals surface area contributed by atoms with Crippen LogP contribution >= 0.6 is 0 Å². The quantitative estimate of drug-likeness (QED) is 0.650. The van der Waals surface area contributed by atoms with Crippen molar-refractivity contribution in [3.63, 3.8) is 0 Å². The molecule has 0 bridgehead atoms. The van der Waals surface area contributed by atoms with E-state index >= 15 is 0 Å². The summed E-state index contributed by atoms with van der Waals surface area (Å²) in [6, 6.07) is 9.43. The Balaban J connectivity index is 2.01. The fraction of sp³-hybridized carbons (Fsp3) is 0.235. The van der Waals surface area contributed by atoms with Gasteiger partial charge >= 0.3 is 5.69 Å². The van der Waals surface area contributed by atoms with Crippen LogP contribution in [0.2, 0.25) is 0 Å². The summed E-state index contributed by atoms with van der Waals surface area (Å²) in [4.78, 5) is 23.7. The van der Waals surface area contributed by atoms with Crippen LogP contribution in [0.4, 0.5) is 22.7 Å². The second-order valence-electron chi connectivity index (χ2n) is 6.07. The van der Waals surface area contributed by atoms with Gasteiger partial charge in [-0.15, -0.1) is 0 Å². The molecule has 3 rings (SSSR count). The van der Waals surface area contributed by atoms with E-state index in [4.69, 9.17) is 0 Å². The molecule has 1 heterocycles. The number of nitro groups is 1. The highest BCUT2D eigenvalue weighted by Crippen LogP contribution is 2.36. The molecule has 1 amide bonds. The monoisotopic (exact) mass is 375 g/mol. The molecule has 0 radical (unpaired) electrons. The van der Waals surface area contributed by atoms with E-state index in [1.165, 1.54) is 25.1 Å². The van der Waals surface area contributed by atoms with Crippen molar-refractivity contribution in [2.45, 2.75) is 18.2 Å². The number of amides is 1. The van der Waals surface area contributed by atoms with Gasteiger partial charge in [-0.25, -0.2) is 8.42 Å². The summed E-state index contributed by atoms with van der Waals surface area (Å²) < 4.78 is 23.7. The number of hydrogen-bond donors (Lipinski definition) is 1. The molecular weight excluding hydrogens is 358 g/mol. The summed E-state index contributed by atoms with van der Waals surface area (Å²) in [5, 5.41) is 14.4. The van der Waals surface area contributed by atoms with E-state index in [9.17, 15) is 23.3 Å². The average molecular weight is 375 g/mol. The van der Waals surface area contributed by atoms with E-state index in [1.54, 1.807) is 17.0 Å². The summed E-state index contributed by atoms with van der Waals surface area (Å²) >= 11 is 0. The van der Waals surface area contributed by atoms with Gasteiger partial charge in [0, 0.05) is 31.1 Å². The van der Waals surface area contributed by atoms with Gasteiger partial charge in [0.05, 0.1) is 4.92 Å². The van der Waals surface area contributed by atoms with E-state index in [1.807, 2.05) is 6.07 Å². The second kappa shape index (κ2) is 6.41. The maximum absolute atomic E-state index is 11.8. The van der Waals surface area contributed by atoms with E-state index in [0.29, 0.717) is 18.7 Å². The molecule has 2 aromatic carbocycles. The van der Waals surface area contributed by atoms with Crippen LogP contribution in [0.3, 0.4) is 0 Å². The normalized spacial score (nSPS) is 13.4. The zero-order valence-electron chi connectivity index (χ0n) is 14.2. The van der Waals surface area contributed by atoms with Gasteiger partial charge in [-0.05, 0) is 42.3 Å². The summed E-state index contributed by atoms with van der Waals surface area (Å²) in [6.45, 7) is 2.10. The van der Waals surface area contributed by atoms with Crippen LogP contribution < -0.4 is 10.2 Å². The summed E-state index contributed by atoms with van der Waals surface area (Å²) in [7, 11) is -3.75. The van der Waals surface area contributed by atoms with Crippen LogP contribution in [0.1, 0.15) is 12.5 Å². The molecule has 0 unspecified atom stereocenters. The fourth-order valence-corrected chi connectivity index (χ4v) is 3.93. The molecular formula is C17H17N3O5S. The largest absolute Gasteiger partial charge is 0.350 e. The molecule has 0 aromatic heterocycles. The molecule has 8 nitrogen and oxygen atoms in total. The molecule has 1 aliphatic rings. The molecule has 2 aromatic rings. The predicted octanol–water partition coefficient (Wildman–Crippen LogP) is 2.65. The minimum atomic E-state index is -3.75. The third kappa shape index (κ3) is 3.25. The van der Waals surface area contributed by atoms with Crippen molar-refractivity contribution in [2.24, 2.45) is 0 Å². The van der Waals surface area contributed by atoms with Crippen LogP contribution in [-0.2, 0) is 21.1 Å². The number of nitro benzene ring substituents is 1. The fourth-order valence-electron chi connectivity index (χ4n) is 3.07. The molecule has 26 heavy (non-hydrogen) atoms. The van der Waals surface area contributed by atoms with Gasteiger partial charge in [0.2, 0.25) is 5.91 Å². The lowest BCUT2D eigenvalue weighted by Gasteiger charge is -2.15. The van der Waals surface area contributed by atoms with E-state index in [0.717, 1.165) is 17.5 Å². The first kappa shape index (κ1) is 17.9.